The molecule has 1 atom stereocenters. The van der Waals surface area contributed by atoms with Gasteiger partial charge in [0.05, 0.1) is 5.92 Å². The zero-order valence-electron chi connectivity index (χ0n) is 13.0. The van der Waals surface area contributed by atoms with Gasteiger partial charge in [0, 0.05) is 31.1 Å². The molecular weight excluding hydrogens is 300 g/mol. The molecule has 1 unspecified atom stereocenters. The molecule has 0 aromatic heterocycles. The molecule has 0 radical (unpaired) electrons. The van der Waals surface area contributed by atoms with E-state index in [0.717, 1.165) is 31.4 Å². The van der Waals surface area contributed by atoms with Crippen molar-refractivity contribution in [2.75, 3.05) is 13.1 Å². The molecule has 4 nitrogen and oxygen atoms in total. The lowest BCUT2D eigenvalue weighted by Gasteiger charge is -2.16. The predicted molar refractivity (Wildman–Crippen MR) is 87.5 cm³/mol. The first-order valence-corrected chi connectivity index (χ1v) is 8.28. The second-order valence-electron chi connectivity index (χ2n) is 5.79. The summed E-state index contributed by atoms with van der Waals surface area (Å²) in [7, 11) is 0. The van der Waals surface area contributed by atoms with E-state index in [4.69, 9.17) is 11.6 Å². The van der Waals surface area contributed by atoms with Crippen molar-refractivity contribution in [1.82, 2.24) is 10.2 Å². The third-order valence-corrected chi connectivity index (χ3v) is 4.25. The molecule has 1 saturated heterocycles. The van der Waals surface area contributed by atoms with Crippen LogP contribution in [0.25, 0.3) is 0 Å². The van der Waals surface area contributed by atoms with Crippen LogP contribution in [0, 0.1) is 5.92 Å². The van der Waals surface area contributed by atoms with Crippen molar-refractivity contribution >= 4 is 23.4 Å². The van der Waals surface area contributed by atoms with Crippen molar-refractivity contribution < 1.29 is 9.59 Å². The molecule has 1 aliphatic heterocycles. The monoisotopic (exact) mass is 322 g/mol. The summed E-state index contributed by atoms with van der Waals surface area (Å²) < 4.78 is 0. The van der Waals surface area contributed by atoms with E-state index in [2.05, 4.69) is 12.2 Å². The third-order valence-electron chi connectivity index (χ3n) is 4.00. The number of rotatable bonds is 7. The molecule has 2 rings (SSSR count). The summed E-state index contributed by atoms with van der Waals surface area (Å²) in [6, 6.07) is 7.38. The van der Waals surface area contributed by atoms with E-state index in [1.165, 1.54) is 0 Å². The summed E-state index contributed by atoms with van der Waals surface area (Å²) in [6.45, 7) is 3.93. The Labute approximate surface area is 136 Å². The first-order chi connectivity index (χ1) is 10.6. The summed E-state index contributed by atoms with van der Waals surface area (Å²) in [5.74, 6) is -0.162. The summed E-state index contributed by atoms with van der Waals surface area (Å²) in [5.41, 5.74) is 1.00. The predicted octanol–water partition coefficient (Wildman–Crippen LogP) is 2.99. The van der Waals surface area contributed by atoms with Gasteiger partial charge in [-0.1, -0.05) is 43.5 Å². The van der Waals surface area contributed by atoms with Gasteiger partial charge < -0.3 is 10.2 Å². The minimum absolute atomic E-state index is 0.0405. The highest BCUT2D eigenvalue weighted by molar-refractivity contribution is 6.30. The van der Waals surface area contributed by atoms with Crippen molar-refractivity contribution in [3.63, 3.8) is 0 Å². The Kier molecular flexibility index (Phi) is 6.25. The molecule has 5 heteroatoms. The third kappa shape index (κ3) is 4.73. The SMILES string of the molecule is CCCCCN1CC(C(=O)NCc2ccc(Cl)cc2)CC1=O. The van der Waals surface area contributed by atoms with E-state index in [9.17, 15) is 9.59 Å². The number of unbranched alkanes of at least 4 members (excludes halogenated alkanes) is 2. The number of nitrogens with one attached hydrogen (secondary N) is 1. The Morgan fingerprint density at radius 3 is 2.73 bits per heavy atom. The van der Waals surface area contributed by atoms with Crippen LogP contribution in [0.4, 0.5) is 0 Å². The molecule has 1 N–H and O–H groups in total. The zero-order chi connectivity index (χ0) is 15.9. The number of nitrogens with zero attached hydrogens (tertiary/aromatic N) is 1. The molecule has 1 heterocycles. The second-order valence-corrected chi connectivity index (χ2v) is 6.23. The lowest BCUT2D eigenvalue weighted by atomic mass is 10.1. The number of amides is 2. The van der Waals surface area contributed by atoms with Crippen molar-refractivity contribution in [1.29, 1.82) is 0 Å². The molecule has 1 fully saturated rings. The lowest BCUT2D eigenvalue weighted by Crippen LogP contribution is -2.32. The molecule has 1 aliphatic rings. The van der Waals surface area contributed by atoms with Crippen molar-refractivity contribution in [3.8, 4) is 0 Å². The highest BCUT2D eigenvalue weighted by Crippen LogP contribution is 2.19. The van der Waals surface area contributed by atoms with Gasteiger partial charge >= 0.3 is 0 Å². The fourth-order valence-corrected chi connectivity index (χ4v) is 2.78. The van der Waals surface area contributed by atoms with E-state index in [1.54, 1.807) is 12.1 Å². The zero-order valence-corrected chi connectivity index (χ0v) is 13.7. The standard InChI is InChI=1S/C17H23ClN2O2/c1-2-3-4-9-20-12-14(10-16(20)21)17(22)19-11-13-5-7-15(18)8-6-13/h5-8,14H,2-4,9-12H2,1H3,(H,19,22). The molecular formula is C17H23ClN2O2. The number of halogens is 1. The van der Waals surface area contributed by atoms with Gasteiger partial charge in [-0.05, 0) is 24.1 Å². The Balaban J connectivity index is 1.78. The summed E-state index contributed by atoms with van der Waals surface area (Å²) in [4.78, 5) is 25.9. The maximum atomic E-state index is 12.2. The van der Waals surface area contributed by atoms with E-state index < -0.39 is 0 Å². The topological polar surface area (TPSA) is 49.4 Å². The van der Waals surface area contributed by atoms with Crippen molar-refractivity contribution in [2.45, 2.75) is 39.2 Å². The maximum Gasteiger partial charge on any atom is 0.225 e. The Morgan fingerprint density at radius 2 is 2.05 bits per heavy atom. The van der Waals surface area contributed by atoms with E-state index in [-0.39, 0.29) is 17.7 Å². The van der Waals surface area contributed by atoms with Gasteiger partial charge in [0.1, 0.15) is 0 Å². The van der Waals surface area contributed by atoms with Crippen LogP contribution in [0.2, 0.25) is 5.02 Å². The number of benzene rings is 1. The van der Waals surface area contributed by atoms with Gasteiger partial charge in [-0.3, -0.25) is 9.59 Å². The second kappa shape index (κ2) is 8.18. The van der Waals surface area contributed by atoms with Gasteiger partial charge in [-0.25, -0.2) is 0 Å². The highest BCUT2D eigenvalue weighted by Gasteiger charge is 2.33. The Bertz CT molecular complexity index is 516. The largest absolute Gasteiger partial charge is 0.352 e. The van der Waals surface area contributed by atoms with Crippen LogP contribution in [0.3, 0.4) is 0 Å². The molecule has 22 heavy (non-hydrogen) atoms. The number of hydrogen-bond acceptors (Lipinski definition) is 2. The minimum atomic E-state index is -0.221. The van der Waals surface area contributed by atoms with E-state index in [1.807, 2.05) is 17.0 Å². The summed E-state index contributed by atoms with van der Waals surface area (Å²) in [6.07, 6.45) is 3.60. The van der Waals surface area contributed by atoms with E-state index >= 15 is 0 Å². The molecule has 0 saturated carbocycles. The van der Waals surface area contributed by atoms with Crippen LogP contribution in [0.1, 0.15) is 38.2 Å². The Hall–Kier alpha value is -1.55. The first-order valence-electron chi connectivity index (χ1n) is 7.90. The average molecular weight is 323 g/mol. The quantitative estimate of drug-likeness (QED) is 0.785. The molecule has 0 bridgehead atoms. The molecule has 1 aromatic carbocycles. The fraction of sp³-hybridized carbons (Fsp3) is 0.529. The minimum Gasteiger partial charge on any atom is -0.352 e. The van der Waals surface area contributed by atoms with Crippen LogP contribution >= 0.6 is 11.6 Å². The van der Waals surface area contributed by atoms with Crippen LogP contribution < -0.4 is 5.32 Å². The number of carbonyl (C=O) groups excluding carboxylic acids is 2. The maximum absolute atomic E-state index is 12.2. The molecule has 0 aliphatic carbocycles. The normalized spacial score (nSPS) is 17.8. The summed E-state index contributed by atoms with van der Waals surface area (Å²) >= 11 is 5.83. The van der Waals surface area contributed by atoms with Crippen LogP contribution in [0.15, 0.2) is 24.3 Å². The van der Waals surface area contributed by atoms with E-state index in [0.29, 0.717) is 24.5 Å². The number of carbonyl (C=O) groups is 2. The van der Waals surface area contributed by atoms with Gasteiger partial charge in [0.15, 0.2) is 0 Å². The average Bonchev–Trinajstić information content (AvgIpc) is 2.88. The number of hydrogen-bond donors (Lipinski definition) is 1. The fourth-order valence-electron chi connectivity index (χ4n) is 2.65. The van der Waals surface area contributed by atoms with Crippen LogP contribution in [0.5, 0.6) is 0 Å². The molecule has 2 amide bonds. The summed E-state index contributed by atoms with van der Waals surface area (Å²) in [5, 5.41) is 3.59. The highest BCUT2D eigenvalue weighted by atomic mass is 35.5. The van der Waals surface area contributed by atoms with Crippen molar-refractivity contribution in [2.24, 2.45) is 5.92 Å². The van der Waals surface area contributed by atoms with Gasteiger partial charge in [-0.2, -0.15) is 0 Å². The molecule has 0 spiro atoms. The van der Waals surface area contributed by atoms with Gasteiger partial charge in [0.25, 0.3) is 0 Å². The van der Waals surface area contributed by atoms with Gasteiger partial charge in [-0.15, -0.1) is 0 Å². The van der Waals surface area contributed by atoms with Crippen LogP contribution in [-0.2, 0) is 16.1 Å². The molecule has 1 aromatic rings. The first kappa shape index (κ1) is 16.8. The van der Waals surface area contributed by atoms with Crippen LogP contribution in [-0.4, -0.2) is 29.8 Å². The van der Waals surface area contributed by atoms with Gasteiger partial charge in [0.2, 0.25) is 11.8 Å². The van der Waals surface area contributed by atoms with Crippen molar-refractivity contribution in [3.05, 3.63) is 34.9 Å². The smallest absolute Gasteiger partial charge is 0.225 e. The Morgan fingerprint density at radius 1 is 1.32 bits per heavy atom. The lowest BCUT2D eigenvalue weighted by molar-refractivity contribution is -0.129. The number of likely N-dealkylation sites (tertiary alicyclic amines) is 1. The molecule has 120 valence electrons.